The summed E-state index contributed by atoms with van der Waals surface area (Å²) < 4.78 is 12.8. The van der Waals surface area contributed by atoms with Gasteiger partial charge in [-0.3, -0.25) is 14.4 Å². The number of fused-ring (bicyclic) bond motifs is 1. The van der Waals surface area contributed by atoms with Crippen LogP contribution in [0.1, 0.15) is 17.2 Å². The number of likely N-dealkylation sites (N-methyl/N-ethyl adjacent to an activating group) is 1. The summed E-state index contributed by atoms with van der Waals surface area (Å²) in [4.78, 5) is 37.7. The maximum Gasteiger partial charge on any atom is 0.310 e. The van der Waals surface area contributed by atoms with Crippen molar-refractivity contribution in [3.05, 3.63) is 65.5 Å². The first kappa shape index (κ1) is 16.6. The van der Waals surface area contributed by atoms with Gasteiger partial charge >= 0.3 is 11.8 Å². The summed E-state index contributed by atoms with van der Waals surface area (Å²) in [6.45, 7) is 0.0850. The summed E-state index contributed by atoms with van der Waals surface area (Å²) in [6, 6.07) is 11.7. The van der Waals surface area contributed by atoms with Gasteiger partial charge < -0.3 is 15.5 Å². The fourth-order valence-electron chi connectivity index (χ4n) is 2.68. The quantitative estimate of drug-likeness (QED) is 0.826. The van der Waals surface area contributed by atoms with Gasteiger partial charge in [-0.2, -0.15) is 0 Å². The molecule has 3 rings (SSSR count). The third kappa shape index (κ3) is 3.35. The van der Waals surface area contributed by atoms with Crippen LogP contribution < -0.4 is 15.5 Å². The summed E-state index contributed by atoms with van der Waals surface area (Å²) >= 11 is 0. The number of carbonyl (C=O) groups is 3. The van der Waals surface area contributed by atoms with E-state index in [-0.39, 0.29) is 18.3 Å². The average Bonchev–Trinajstić information content (AvgIpc) is 2.86. The van der Waals surface area contributed by atoms with Gasteiger partial charge in [-0.25, -0.2) is 4.39 Å². The smallest absolute Gasteiger partial charge is 0.310 e. The molecule has 2 aromatic carbocycles. The Balaban J connectivity index is 1.63. The minimum atomic E-state index is -0.898. The van der Waals surface area contributed by atoms with Gasteiger partial charge in [0.2, 0.25) is 0 Å². The van der Waals surface area contributed by atoms with Crippen molar-refractivity contribution >= 4 is 23.4 Å². The van der Waals surface area contributed by atoms with Crippen LogP contribution in [0.2, 0.25) is 0 Å². The van der Waals surface area contributed by atoms with Crippen LogP contribution in [-0.4, -0.2) is 24.8 Å². The second-order valence-corrected chi connectivity index (χ2v) is 5.67. The number of hydrogen-bond donors (Lipinski definition) is 2. The molecule has 2 aromatic rings. The van der Waals surface area contributed by atoms with E-state index in [1.54, 1.807) is 31.3 Å². The van der Waals surface area contributed by atoms with Crippen LogP contribution in [0.5, 0.6) is 0 Å². The highest BCUT2D eigenvalue weighted by Gasteiger charge is 2.36. The van der Waals surface area contributed by atoms with Crippen molar-refractivity contribution in [1.29, 1.82) is 0 Å². The van der Waals surface area contributed by atoms with Gasteiger partial charge in [0, 0.05) is 24.8 Å². The zero-order chi connectivity index (χ0) is 18.0. The summed E-state index contributed by atoms with van der Waals surface area (Å²) in [7, 11) is 1.61. The molecule has 6 nitrogen and oxygen atoms in total. The van der Waals surface area contributed by atoms with E-state index in [2.05, 4.69) is 10.6 Å². The second kappa shape index (κ2) is 6.72. The van der Waals surface area contributed by atoms with E-state index in [0.29, 0.717) is 16.8 Å². The maximum atomic E-state index is 12.8. The monoisotopic (exact) mass is 341 g/mol. The van der Waals surface area contributed by atoms with E-state index in [4.69, 9.17) is 0 Å². The van der Waals surface area contributed by atoms with Crippen molar-refractivity contribution < 1.29 is 18.8 Å². The van der Waals surface area contributed by atoms with Crippen LogP contribution >= 0.6 is 0 Å². The molecule has 1 aliphatic rings. The Kier molecular flexibility index (Phi) is 4.47. The fourth-order valence-corrected chi connectivity index (χ4v) is 2.68. The third-order valence-electron chi connectivity index (χ3n) is 4.03. The number of hydrogen-bond acceptors (Lipinski definition) is 3. The Labute approximate surface area is 143 Å². The molecule has 0 fully saturated rings. The van der Waals surface area contributed by atoms with Crippen molar-refractivity contribution in [2.75, 3.05) is 11.9 Å². The molecule has 1 aliphatic heterocycles. The molecule has 0 spiro atoms. The van der Waals surface area contributed by atoms with Crippen molar-refractivity contribution in [1.82, 2.24) is 10.6 Å². The molecule has 2 N–H and O–H groups in total. The van der Waals surface area contributed by atoms with Crippen molar-refractivity contribution in [3.63, 3.8) is 0 Å². The van der Waals surface area contributed by atoms with Gasteiger partial charge in [0.25, 0.3) is 5.91 Å². The van der Waals surface area contributed by atoms with Gasteiger partial charge in [-0.05, 0) is 23.8 Å². The van der Waals surface area contributed by atoms with E-state index in [0.717, 1.165) is 0 Å². The normalized spacial score (nSPS) is 15.7. The zero-order valence-electron chi connectivity index (χ0n) is 13.5. The Morgan fingerprint density at radius 1 is 1.08 bits per heavy atom. The number of carbonyl (C=O) groups excluding carboxylic acids is 3. The van der Waals surface area contributed by atoms with Crippen LogP contribution in [0.25, 0.3) is 0 Å². The number of nitrogens with zero attached hydrogens (tertiary/aromatic N) is 1. The van der Waals surface area contributed by atoms with E-state index in [1.807, 2.05) is 0 Å². The first-order valence-electron chi connectivity index (χ1n) is 7.67. The number of anilines is 1. The fraction of sp³-hybridized carbons (Fsp3) is 0.167. The van der Waals surface area contributed by atoms with Gasteiger partial charge in [0.1, 0.15) is 11.9 Å². The van der Waals surface area contributed by atoms with Crippen molar-refractivity contribution in [3.8, 4) is 0 Å². The van der Waals surface area contributed by atoms with E-state index in [1.165, 1.54) is 29.2 Å². The molecule has 128 valence electrons. The molecule has 0 saturated heterocycles. The molecule has 0 aliphatic carbocycles. The Morgan fingerprint density at radius 2 is 1.76 bits per heavy atom. The number of rotatable bonds is 3. The Bertz CT molecular complexity index is 836. The molecule has 0 saturated carbocycles. The molecule has 0 aromatic heterocycles. The summed E-state index contributed by atoms with van der Waals surface area (Å²) in [5.41, 5.74) is 2.00. The molecule has 0 bridgehead atoms. The maximum absolute atomic E-state index is 12.8. The number of para-hydroxylation sites is 1. The molecule has 1 atom stereocenters. The van der Waals surface area contributed by atoms with Gasteiger partial charge in [-0.15, -0.1) is 0 Å². The lowest BCUT2D eigenvalue weighted by molar-refractivity contribution is -0.140. The predicted octanol–water partition coefficient (Wildman–Crippen LogP) is 1.28. The highest BCUT2D eigenvalue weighted by molar-refractivity contribution is 6.35. The van der Waals surface area contributed by atoms with Gasteiger partial charge in [0.05, 0.1) is 0 Å². The first-order valence-corrected chi connectivity index (χ1v) is 7.67. The highest BCUT2D eigenvalue weighted by Crippen LogP contribution is 2.34. The summed E-state index contributed by atoms with van der Waals surface area (Å²) in [6.07, 6.45) is 0. The zero-order valence-corrected chi connectivity index (χ0v) is 13.5. The van der Waals surface area contributed by atoms with Crippen LogP contribution in [0.15, 0.2) is 48.5 Å². The average molecular weight is 341 g/mol. The lowest BCUT2D eigenvalue weighted by atomic mass is 10.1. The van der Waals surface area contributed by atoms with Crippen molar-refractivity contribution in [2.45, 2.75) is 12.6 Å². The minimum Gasteiger partial charge on any atom is -0.344 e. The van der Waals surface area contributed by atoms with Crippen LogP contribution in [0, 0.1) is 5.82 Å². The molecule has 1 heterocycles. The predicted molar refractivity (Wildman–Crippen MR) is 89.0 cm³/mol. The summed E-state index contributed by atoms with van der Waals surface area (Å²) in [5, 5.41) is 4.90. The standard InChI is InChI=1S/C18H16FN3O3/c1-22-14-5-3-2-4-13(14)15(18(22)25)21-17(24)16(23)20-10-11-6-8-12(19)9-7-11/h2-9,15H,10H2,1H3,(H,20,23)(H,21,24)/t15-/m1/s1. The highest BCUT2D eigenvalue weighted by atomic mass is 19.1. The van der Waals surface area contributed by atoms with Gasteiger partial charge in [-0.1, -0.05) is 30.3 Å². The molecule has 3 amide bonds. The molecular formula is C18H16FN3O3. The van der Waals surface area contributed by atoms with Crippen LogP contribution in [-0.2, 0) is 20.9 Å². The van der Waals surface area contributed by atoms with E-state index in [9.17, 15) is 18.8 Å². The van der Waals surface area contributed by atoms with E-state index >= 15 is 0 Å². The second-order valence-electron chi connectivity index (χ2n) is 5.67. The summed E-state index contributed by atoms with van der Waals surface area (Å²) in [5.74, 6) is -2.44. The molecular weight excluding hydrogens is 325 g/mol. The van der Waals surface area contributed by atoms with E-state index < -0.39 is 17.9 Å². The number of benzene rings is 2. The van der Waals surface area contributed by atoms with Crippen molar-refractivity contribution in [2.24, 2.45) is 0 Å². The first-order chi connectivity index (χ1) is 12.0. The SMILES string of the molecule is CN1C(=O)[C@H](NC(=O)C(=O)NCc2ccc(F)cc2)c2ccccc21. The van der Waals surface area contributed by atoms with Crippen LogP contribution in [0.3, 0.4) is 0 Å². The molecule has 7 heteroatoms. The number of amides is 3. The van der Waals surface area contributed by atoms with Crippen LogP contribution in [0.4, 0.5) is 10.1 Å². The molecule has 0 unspecified atom stereocenters. The molecule has 25 heavy (non-hydrogen) atoms. The third-order valence-corrected chi connectivity index (χ3v) is 4.03. The Hall–Kier alpha value is -3.22. The Morgan fingerprint density at radius 3 is 2.48 bits per heavy atom. The van der Waals surface area contributed by atoms with Gasteiger partial charge in [0.15, 0.2) is 0 Å². The number of nitrogens with one attached hydrogen (secondary N) is 2. The topological polar surface area (TPSA) is 78.5 Å². The minimum absolute atomic E-state index is 0.0850. The lowest BCUT2D eigenvalue weighted by Gasteiger charge is -2.13. The largest absolute Gasteiger partial charge is 0.344 e. The lowest BCUT2D eigenvalue weighted by Crippen LogP contribution is -2.43. The molecule has 0 radical (unpaired) electrons. The number of halogens is 1.